The Morgan fingerprint density at radius 3 is 2.67 bits per heavy atom. The standard InChI is InChI=1S/C22H20N6O2/c1-2-30-22(29)18-19-21(26-16-8-4-3-7-15(16)25-19)28(20(18)23)12-10-14-13-24-17-9-5-6-11-27(14)17/h3-9,11,13H,2,10,12,23H2,1H3. The topological polar surface area (TPSA) is 100 Å². The minimum absolute atomic E-state index is 0.258. The molecule has 0 saturated carbocycles. The zero-order chi connectivity index (χ0) is 20.7. The summed E-state index contributed by atoms with van der Waals surface area (Å²) in [5, 5.41) is 0. The summed E-state index contributed by atoms with van der Waals surface area (Å²) in [6, 6.07) is 13.4. The normalized spacial score (nSPS) is 11.5. The highest BCUT2D eigenvalue weighted by atomic mass is 16.5. The maximum absolute atomic E-state index is 12.6. The lowest BCUT2D eigenvalue weighted by molar-refractivity contribution is 0.0529. The number of aromatic nitrogens is 5. The van der Waals surface area contributed by atoms with E-state index in [1.807, 2.05) is 63.8 Å². The molecule has 0 spiro atoms. The van der Waals surface area contributed by atoms with E-state index in [-0.39, 0.29) is 12.2 Å². The van der Waals surface area contributed by atoms with Gasteiger partial charge in [-0.05, 0) is 31.2 Å². The fourth-order valence-corrected chi connectivity index (χ4v) is 3.74. The summed E-state index contributed by atoms with van der Waals surface area (Å²) in [6.07, 6.45) is 4.49. The highest BCUT2D eigenvalue weighted by Crippen LogP contribution is 2.29. The van der Waals surface area contributed by atoms with Crippen molar-refractivity contribution >= 4 is 39.6 Å². The number of fused-ring (bicyclic) bond motifs is 3. The van der Waals surface area contributed by atoms with Crippen LogP contribution in [0.5, 0.6) is 0 Å². The van der Waals surface area contributed by atoms with Gasteiger partial charge in [0.05, 0.1) is 17.6 Å². The molecule has 4 heterocycles. The number of nitrogens with two attached hydrogens (primary N) is 1. The molecule has 0 atom stereocenters. The molecule has 8 nitrogen and oxygen atoms in total. The minimum atomic E-state index is -0.488. The molecule has 30 heavy (non-hydrogen) atoms. The monoisotopic (exact) mass is 400 g/mol. The number of anilines is 1. The summed E-state index contributed by atoms with van der Waals surface area (Å²) in [4.78, 5) is 26.5. The smallest absolute Gasteiger partial charge is 0.344 e. The van der Waals surface area contributed by atoms with E-state index in [0.29, 0.717) is 35.5 Å². The van der Waals surface area contributed by atoms with Crippen molar-refractivity contribution in [3.8, 4) is 0 Å². The molecule has 0 radical (unpaired) electrons. The first kappa shape index (κ1) is 18.1. The highest BCUT2D eigenvalue weighted by molar-refractivity contribution is 6.08. The second-order valence-corrected chi connectivity index (χ2v) is 6.95. The van der Waals surface area contributed by atoms with Gasteiger partial charge in [-0.3, -0.25) is 0 Å². The van der Waals surface area contributed by atoms with E-state index >= 15 is 0 Å². The molecule has 0 bridgehead atoms. The number of nitrogen functional groups attached to an aromatic ring is 1. The minimum Gasteiger partial charge on any atom is -0.462 e. The molecule has 0 aliphatic rings. The van der Waals surface area contributed by atoms with Crippen LogP contribution >= 0.6 is 0 Å². The lowest BCUT2D eigenvalue weighted by Crippen LogP contribution is -2.11. The fraction of sp³-hybridized carbons (Fsp3) is 0.182. The predicted molar refractivity (Wildman–Crippen MR) is 114 cm³/mol. The number of rotatable bonds is 5. The van der Waals surface area contributed by atoms with Crippen molar-refractivity contribution in [1.29, 1.82) is 0 Å². The lowest BCUT2D eigenvalue weighted by atomic mass is 10.2. The van der Waals surface area contributed by atoms with Gasteiger partial charge in [0.1, 0.15) is 22.5 Å². The van der Waals surface area contributed by atoms with Crippen LogP contribution < -0.4 is 5.73 Å². The van der Waals surface area contributed by atoms with Gasteiger partial charge >= 0.3 is 5.97 Å². The fourth-order valence-electron chi connectivity index (χ4n) is 3.74. The molecule has 5 rings (SSSR count). The van der Waals surface area contributed by atoms with Gasteiger partial charge in [0.15, 0.2) is 5.65 Å². The Morgan fingerprint density at radius 1 is 1.10 bits per heavy atom. The van der Waals surface area contributed by atoms with Crippen LogP contribution in [0.4, 0.5) is 5.82 Å². The van der Waals surface area contributed by atoms with Gasteiger partial charge in [0.2, 0.25) is 0 Å². The number of nitrogens with zero attached hydrogens (tertiary/aromatic N) is 5. The maximum Gasteiger partial charge on any atom is 0.344 e. The second-order valence-electron chi connectivity index (χ2n) is 6.95. The zero-order valence-electron chi connectivity index (χ0n) is 16.4. The summed E-state index contributed by atoms with van der Waals surface area (Å²) in [5.41, 5.74) is 11.1. The van der Waals surface area contributed by atoms with Crippen molar-refractivity contribution in [2.75, 3.05) is 12.3 Å². The van der Waals surface area contributed by atoms with Gasteiger partial charge in [-0.15, -0.1) is 0 Å². The van der Waals surface area contributed by atoms with Crippen molar-refractivity contribution in [2.45, 2.75) is 19.9 Å². The molecule has 0 amide bonds. The number of benzene rings is 1. The molecule has 5 aromatic rings. The molecule has 150 valence electrons. The van der Waals surface area contributed by atoms with Gasteiger partial charge in [-0.1, -0.05) is 18.2 Å². The van der Waals surface area contributed by atoms with Gasteiger partial charge in [0.25, 0.3) is 0 Å². The summed E-state index contributed by atoms with van der Waals surface area (Å²) in [5.74, 6) is -0.175. The van der Waals surface area contributed by atoms with Gasteiger partial charge < -0.3 is 19.4 Å². The summed E-state index contributed by atoms with van der Waals surface area (Å²) in [6.45, 7) is 2.55. The third kappa shape index (κ3) is 2.85. The molecule has 0 aliphatic carbocycles. The Bertz CT molecular complexity index is 1400. The van der Waals surface area contributed by atoms with Crippen LogP contribution in [-0.2, 0) is 17.7 Å². The van der Waals surface area contributed by atoms with Crippen LogP contribution in [0, 0.1) is 0 Å². The summed E-state index contributed by atoms with van der Waals surface area (Å²) < 4.78 is 9.11. The number of esters is 1. The van der Waals surface area contributed by atoms with Gasteiger partial charge in [-0.2, -0.15) is 0 Å². The molecular formula is C22H20N6O2. The Kier molecular flexibility index (Phi) is 4.31. The number of hydrogen-bond donors (Lipinski definition) is 1. The second kappa shape index (κ2) is 7.14. The highest BCUT2D eigenvalue weighted by Gasteiger charge is 2.25. The Labute approximate surface area is 171 Å². The third-order valence-electron chi connectivity index (χ3n) is 5.16. The van der Waals surface area contributed by atoms with E-state index in [0.717, 1.165) is 16.9 Å². The summed E-state index contributed by atoms with van der Waals surface area (Å²) >= 11 is 0. The first-order valence-corrected chi connectivity index (χ1v) is 9.80. The zero-order valence-corrected chi connectivity index (χ0v) is 16.4. The number of hydrogen-bond acceptors (Lipinski definition) is 6. The van der Waals surface area contributed by atoms with Crippen molar-refractivity contribution in [3.05, 3.63) is 66.1 Å². The van der Waals surface area contributed by atoms with Crippen LogP contribution in [0.3, 0.4) is 0 Å². The predicted octanol–water partition coefficient (Wildman–Crippen LogP) is 3.23. The summed E-state index contributed by atoms with van der Waals surface area (Å²) in [7, 11) is 0. The van der Waals surface area contributed by atoms with Crippen molar-refractivity contribution in [2.24, 2.45) is 0 Å². The molecule has 1 aromatic carbocycles. The lowest BCUT2D eigenvalue weighted by Gasteiger charge is -2.08. The molecule has 2 N–H and O–H groups in total. The first-order valence-electron chi connectivity index (χ1n) is 9.80. The van der Waals surface area contributed by atoms with E-state index in [1.165, 1.54) is 0 Å². The number of carbonyl (C=O) groups is 1. The van der Waals surface area contributed by atoms with E-state index < -0.39 is 5.97 Å². The maximum atomic E-state index is 12.6. The number of para-hydroxylation sites is 2. The van der Waals surface area contributed by atoms with Crippen molar-refractivity contribution < 1.29 is 9.53 Å². The Morgan fingerprint density at radius 2 is 1.87 bits per heavy atom. The van der Waals surface area contributed by atoms with Gasteiger partial charge in [-0.25, -0.2) is 19.7 Å². The van der Waals surface area contributed by atoms with Crippen LogP contribution in [0.15, 0.2) is 54.9 Å². The molecule has 8 heteroatoms. The van der Waals surface area contributed by atoms with E-state index in [9.17, 15) is 4.79 Å². The third-order valence-corrected chi connectivity index (χ3v) is 5.16. The van der Waals surface area contributed by atoms with E-state index in [4.69, 9.17) is 15.5 Å². The molecule has 0 unspecified atom stereocenters. The number of carbonyl (C=O) groups excluding carboxylic acids is 1. The average Bonchev–Trinajstić information content (AvgIpc) is 3.28. The number of aryl methyl sites for hydroxylation is 2. The molecule has 4 aromatic heterocycles. The quantitative estimate of drug-likeness (QED) is 0.455. The van der Waals surface area contributed by atoms with E-state index in [1.54, 1.807) is 6.92 Å². The van der Waals surface area contributed by atoms with E-state index in [2.05, 4.69) is 9.97 Å². The van der Waals surface area contributed by atoms with Crippen molar-refractivity contribution in [1.82, 2.24) is 23.9 Å². The number of imidazole rings is 1. The Hall–Kier alpha value is -3.94. The molecule has 0 saturated heterocycles. The van der Waals surface area contributed by atoms with Gasteiger partial charge in [0, 0.05) is 31.1 Å². The largest absolute Gasteiger partial charge is 0.462 e. The SMILES string of the molecule is CCOC(=O)c1c(N)n(CCc2cnc3ccccn23)c2nc3ccccc3nc12. The van der Waals surface area contributed by atoms with Crippen LogP contribution in [0.25, 0.3) is 27.8 Å². The van der Waals surface area contributed by atoms with Crippen LogP contribution in [0.2, 0.25) is 0 Å². The first-order chi connectivity index (χ1) is 14.7. The molecule has 0 aliphatic heterocycles. The van der Waals surface area contributed by atoms with Crippen LogP contribution in [0.1, 0.15) is 23.0 Å². The number of pyridine rings is 1. The van der Waals surface area contributed by atoms with Crippen molar-refractivity contribution in [3.63, 3.8) is 0 Å². The number of ether oxygens (including phenoxy) is 1. The molecule has 0 fully saturated rings. The van der Waals surface area contributed by atoms with Crippen LogP contribution in [-0.4, -0.2) is 36.5 Å². The Balaban J connectivity index is 1.63. The average molecular weight is 400 g/mol. The molecular weight excluding hydrogens is 380 g/mol.